The van der Waals surface area contributed by atoms with Gasteiger partial charge in [0.15, 0.2) is 0 Å². The molecule has 1 aromatic rings. The molecule has 4 heteroatoms. The van der Waals surface area contributed by atoms with E-state index < -0.39 is 5.82 Å². The first-order valence-electron chi connectivity index (χ1n) is 6.38. The largest absolute Gasteiger partial charge is 0.489 e. The summed E-state index contributed by atoms with van der Waals surface area (Å²) in [5.74, 6) is 0.0853. The van der Waals surface area contributed by atoms with E-state index in [2.05, 4.69) is 26.1 Å². The van der Waals surface area contributed by atoms with Crippen LogP contribution in [0.1, 0.15) is 33.6 Å². The molecular formula is C14H21ClFNO. The van der Waals surface area contributed by atoms with Gasteiger partial charge < -0.3 is 10.1 Å². The topological polar surface area (TPSA) is 21.3 Å². The molecule has 0 aliphatic rings. The zero-order chi connectivity index (χ0) is 13.5. The highest BCUT2D eigenvalue weighted by Gasteiger charge is 2.11. The summed E-state index contributed by atoms with van der Waals surface area (Å²) in [5, 5.41) is 3.45. The van der Waals surface area contributed by atoms with E-state index in [1.54, 1.807) is 6.07 Å². The summed E-state index contributed by atoms with van der Waals surface area (Å²) in [4.78, 5) is 0. The van der Waals surface area contributed by atoms with Crippen molar-refractivity contribution in [3.63, 3.8) is 0 Å². The summed E-state index contributed by atoms with van der Waals surface area (Å²) < 4.78 is 19.1. The Balaban J connectivity index is 2.61. The average molecular weight is 274 g/mol. The highest BCUT2D eigenvalue weighted by molar-refractivity contribution is 6.30. The van der Waals surface area contributed by atoms with Crippen molar-refractivity contribution in [3.8, 4) is 5.75 Å². The van der Waals surface area contributed by atoms with Gasteiger partial charge in [-0.2, -0.15) is 0 Å². The van der Waals surface area contributed by atoms with E-state index in [1.165, 1.54) is 12.1 Å². The minimum Gasteiger partial charge on any atom is -0.489 e. The number of ether oxygens (including phenoxy) is 1. The lowest BCUT2D eigenvalue weighted by Crippen LogP contribution is -2.35. The van der Waals surface area contributed by atoms with Crippen molar-refractivity contribution in [1.82, 2.24) is 5.32 Å². The van der Waals surface area contributed by atoms with Crippen LogP contribution in [0.4, 0.5) is 4.39 Å². The van der Waals surface area contributed by atoms with Gasteiger partial charge in [-0.15, -0.1) is 0 Å². The van der Waals surface area contributed by atoms with Crippen LogP contribution < -0.4 is 10.1 Å². The van der Waals surface area contributed by atoms with Gasteiger partial charge in [0, 0.05) is 18.7 Å². The average Bonchev–Trinajstić information content (AvgIpc) is 2.31. The molecule has 0 aromatic heterocycles. The van der Waals surface area contributed by atoms with E-state index in [1.807, 2.05) is 0 Å². The fourth-order valence-corrected chi connectivity index (χ4v) is 1.75. The third-order valence-electron chi connectivity index (χ3n) is 2.56. The minimum atomic E-state index is -0.443. The van der Waals surface area contributed by atoms with Gasteiger partial charge in [-0.3, -0.25) is 0 Å². The Bertz CT molecular complexity index is 371. The second-order valence-electron chi connectivity index (χ2n) is 4.67. The maximum atomic E-state index is 13.3. The highest BCUT2D eigenvalue weighted by atomic mass is 35.5. The van der Waals surface area contributed by atoms with Crippen molar-refractivity contribution >= 4 is 11.6 Å². The van der Waals surface area contributed by atoms with Crippen molar-refractivity contribution in [2.24, 2.45) is 0 Å². The fraction of sp³-hybridized carbons (Fsp3) is 0.571. The molecule has 102 valence electrons. The SMILES string of the molecule is CCCC(CNC(C)C)Oc1ccc(Cl)c(F)c1. The van der Waals surface area contributed by atoms with Gasteiger partial charge in [-0.1, -0.05) is 38.8 Å². The molecule has 0 aliphatic carbocycles. The minimum absolute atomic E-state index is 0.0537. The summed E-state index contributed by atoms with van der Waals surface area (Å²) in [7, 11) is 0. The Hall–Kier alpha value is -0.800. The number of rotatable bonds is 7. The highest BCUT2D eigenvalue weighted by Crippen LogP contribution is 2.21. The summed E-state index contributed by atoms with van der Waals surface area (Å²) in [5.41, 5.74) is 0. The number of benzene rings is 1. The van der Waals surface area contributed by atoms with Gasteiger partial charge in [0.2, 0.25) is 0 Å². The van der Waals surface area contributed by atoms with Crippen molar-refractivity contribution in [1.29, 1.82) is 0 Å². The first kappa shape index (κ1) is 15.3. The standard InChI is InChI=1S/C14H21ClFNO/c1-4-5-12(9-17-10(2)3)18-11-6-7-13(15)14(16)8-11/h6-8,10,12,17H,4-5,9H2,1-3H3. The molecule has 1 atom stereocenters. The van der Waals surface area contributed by atoms with E-state index in [4.69, 9.17) is 16.3 Å². The zero-order valence-corrected chi connectivity index (χ0v) is 11.9. The molecule has 1 unspecified atom stereocenters. The number of hydrogen-bond donors (Lipinski definition) is 1. The van der Waals surface area contributed by atoms with Gasteiger partial charge in [0.1, 0.15) is 17.7 Å². The quantitative estimate of drug-likeness (QED) is 0.810. The van der Waals surface area contributed by atoms with Crippen LogP contribution in [0.25, 0.3) is 0 Å². The summed E-state index contributed by atoms with van der Waals surface area (Å²) in [6.45, 7) is 7.04. The molecule has 0 saturated carbocycles. The number of nitrogens with one attached hydrogen (secondary N) is 1. The number of hydrogen-bond acceptors (Lipinski definition) is 2. The Morgan fingerprint density at radius 1 is 1.39 bits per heavy atom. The predicted molar refractivity (Wildman–Crippen MR) is 73.9 cm³/mol. The monoisotopic (exact) mass is 273 g/mol. The van der Waals surface area contributed by atoms with E-state index in [-0.39, 0.29) is 11.1 Å². The van der Waals surface area contributed by atoms with Crippen LogP contribution >= 0.6 is 11.6 Å². The molecule has 0 saturated heterocycles. The normalized spacial score (nSPS) is 12.8. The second kappa shape index (κ2) is 7.59. The van der Waals surface area contributed by atoms with Crippen LogP contribution in [-0.2, 0) is 0 Å². The lowest BCUT2D eigenvalue weighted by Gasteiger charge is -2.20. The molecule has 0 radical (unpaired) electrons. The summed E-state index contributed by atoms with van der Waals surface area (Å²) in [6.07, 6.45) is 2.02. The molecule has 0 spiro atoms. The van der Waals surface area contributed by atoms with Crippen molar-refractivity contribution in [3.05, 3.63) is 29.0 Å². The lowest BCUT2D eigenvalue weighted by atomic mass is 10.2. The molecule has 0 bridgehead atoms. The predicted octanol–water partition coefficient (Wildman–Crippen LogP) is 4.02. The van der Waals surface area contributed by atoms with Crippen LogP contribution in [-0.4, -0.2) is 18.7 Å². The van der Waals surface area contributed by atoms with Gasteiger partial charge >= 0.3 is 0 Å². The van der Waals surface area contributed by atoms with Gasteiger partial charge in [-0.05, 0) is 18.6 Å². The molecule has 1 N–H and O–H groups in total. The molecule has 0 heterocycles. The van der Waals surface area contributed by atoms with E-state index in [0.29, 0.717) is 11.8 Å². The van der Waals surface area contributed by atoms with Crippen LogP contribution in [0.3, 0.4) is 0 Å². The second-order valence-corrected chi connectivity index (χ2v) is 5.07. The van der Waals surface area contributed by atoms with E-state index in [0.717, 1.165) is 19.4 Å². The van der Waals surface area contributed by atoms with Crippen LogP contribution in [0.15, 0.2) is 18.2 Å². The first-order chi connectivity index (χ1) is 8.52. The Morgan fingerprint density at radius 3 is 2.67 bits per heavy atom. The third kappa shape index (κ3) is 5.23. The lowest BCUT2D eigenvalue weighted by molar-refractivity contribution is 0.182. The van der Waals surface area contributed by atoms with Gasteiger partial charge in [0.25, 0.3) is 0 Å². The molecule has 2 nitrogen and oxygen atoms in total. The first-order valence-corrected chi connectivity index (χ1v) is 6.75. The fourth-order valence-electron chi connectivity index (χ4n) is 1.63. The molecule has 0 amide bonds. The molecule has 0 aliphatic heterocycles. The Morgan fingerprint density at radius 2 is 2.11 bits per heavy atom. The Kier molecular flexibility index (Phi) is 6.44. The third-order valence-corrected chi connectivity index (χ3v) is 2.86. The van der Waals surface area contributed by atoms with Crippen LogP contribution in [0, 0.1) is 5.82 Å². The molecular weight excluding hydrogens is 253 g/mol. The molecule has 18 heavy (non-hydrogen) atoms. The van der Waals surface area contributed by atoms with Crippen molar-refractivity contribution in [2.45, 2.75) is 45.8 Å². The maximum absolute atomic E-state index is 13.3. The van der Waals surface area contributed by atoms with Gasteiger partial charge in [0.05, 0.1) is 5.02 Å². The van der Waals surface area contributed by atoms with Crippen LogP contribution in [0.2, 0.25) is 5.02 Å². The van der Waals surface area contributed by atoms with Crippen molar-refractivity contribution in [2.75, 3.05) is 6.54 Å². The summed E-state index contributed by atoms with van der Waals surface area (Å²) in [6, 6.07) is 4.96. The van der Waals surface area contributed by atoms with Crippen LogP contribution in [0.5, 0.6) is 5.75 Å². The van der Waals surface area contributed by atoms with E-state index in [9.17, 15) is 4.39 Å². The zero-order valence-electron chi connectivity index (χ0n) is 11.2. The van der Waals surface area contributed by atoms with E-state index >= 15 is 0 Å². The summed E-state index contributed by atoms with van der Waals surface area (Å²) >= 11 is 5.64. The molecule has 1 rings (SSSR count). The smallest absolute Gasteiger partial charge is 0.145 e. The van der Waals surface area contributed by atoms with Gasteiger partial charge in [-0.25, -0.2) is 4.39 Å². The Labute approximate surface area is 113 Å². The molecule has 1 aromatic carbocycles. The maximum Gasteiger partial charge on any atom is 0.145 e. The molecule has 0 fully saturated rings. The van der Waals surface area contributed by atoms with Crippen molar-refractivity contribution < 1.29 is 9.13 Å². The number of halogens is 2.